The van der Waals surface area contributed by atoms with Crippen LogP contribution in [0.5, 0.6) is 0 Å². The van der Waals surface area contributed by atoms with Crippen molar-refractivity contribution in [3.8, 4) is 0 Å². The van der Waals surface area contributed by atoms with E-state index in [4.69, 9.17) is 9.47 Å². The van der Waals surface area contributed by atoms with Crippen molar-refractivity contribution in [1.82, 2.24) is 4.90 Å². The molecule has 5 heteroatoms. The molecule has 3 atom stereocenters. The Hall–Kier alpha value is -1.52. The van der Waals surface area contributed by atoms with Gasteiger partial charge in [-0.3, -0.25) is 9.69 Å². The molecule has 1 fully saturated rings. The van der Waals surface area contributed by atoms with Gasteiger partial charge >= 0.3 is 12.1 Å². The van der Waals surface area contributed by atoms with Crippen LogP contribution in [-0.2, 0) is 14.3 Å². The van der Waals surface area contributed by atoms with Crippen LogP contribution in [0.1, 0.15) is 27.2 Å². The molecule has 2 heterocycles. The van der Waals surface area contributed by atoms with E-state index < -0.39 is 5.60 Å². The van der Waals surface area contributed by atoms with Gasteiger partial charge in [-0.1, -0.05) is 12.2 Å². The Morgan fingerprint density at radius 1 is 1.28 bits per heavy atom. The van der Waals surface area contributed by atoms with Crippen LogP contribution in [0.15, 0.2) is 12.2 Å². The first-order valence-corrected chi connectivity index (χ1v) is 6.11. The van der Waals surface area contributed by atoms with E-state index in [1.807, 2.05) is 32.9 Å². The number of amides is 1. The summed E-state index contributed by atoms with van der Waals surface area (Å²) in [5.41, 5.74) is -0.528. The quantitative estimate of drug-likeness (QED) is 0.527. The summed E-state index contributed by atoms with van der Waals surface area (Å²) < 4.78 is 10.1. The molecular formula is C13H19NO4. The molecule has 2 aliphatic heterocycles. The summed E-state index contributed by atoms with van der Waals surface area (Å²) in [4.78, 5) is 25.3. The Kier molecular flexibility index (Phi) is 3.09. The molecule has 0 aromatic rings. The molecule has 0 spiro atoms. The summed E-state index contributed by atoms with van der Waals surface area (Å²) in [6.45, 7) is 5.48. The van der Waals surface area contributed by atoms with Gasteiger partial charge in [0.05, 0.1) is 25.1 Å². The maximum absolute atomic E-state index is 12.1. The first kappa shape index (κ1) is 12.9. The molecule has 2 rings (SSSR count). The number of esters is 1. The fraction of sp³-hybridized carbons (Fsp3) is 0.692. The fourth-order valence-electron chi connectivity index (χ4n) is 2.53. The highest BCUT2D eigenvalue weighted by Crippen LogP contribution is 2.38. The van der Waals surface area contributed by atoms with Crippen molar-refractivity contribution in [2.45, 2.75) is 44.9 Å². The number of carbonyl (C=O) groups excluding carboxylic acids is 2. The zero-order valence-corrected chi connectivity index (χ0v) is 11.2. The number of nitrogens with zero attached hydrogens (tertiary/aromatic N) is 1. The second-order valence-corrected chi connectivity index (χ2v) is 5.70. The van der Waals surface area contributed by atoms with Crippen LogP contribution in [0.25, 0.3) is 0 Å². The topological polar surface area (TPSA) is 55.8 Å². The molecule has 5 nitrogen and oxygen atoms in total. The van der Waals surface area contributed by atoms with E-state index in [2.05, 4.69) is 0 Å². The molecule has 1 saturated heterocycles. The maximum Gasteiger partial charge on any atom is 0.411 e. The Morgan fingerprint density at radius 2 is 1.94 bits per heavy atom. The average Bonchev–Trinajstić information content (AvgIpc) is 2.82. The van der Waals surface area contributed by atoms with Crippen molar-refractivity contribution in [2.75, 3.05) is 7.11 Å². The lowest BCUT2D eigenvalue weighted by Crippen LogP contribution is -2.41. The zero-order valence-electron chi connectivity index (χ0n) is 11.2. The number of ether oxygens (including phenoxy) is 2. The highest BCUT2D eigenvalue weighted by Gasteiger charge is 2.50. The molecule has 3 unspecified atom stereocenters. The third kappa shape index (κ3) is 2.21. The summed E-state index contributed by atoms with van der Waals surface area (Å²) in [6.07, 6.45) is 4.09. The van der Waals surface area contributed by atoms with E-state index in [1.165, 1.54) is 7.11 Å². The number of fused-ring (bicyclic) bond motifs is 2. The van der Waals surface area contributed by atoms with E-state index in [-0.39, 0.29) is 30.1 Å². The van der Waals surface area contributed by atoms with Crippen molar-refractivity contribution in [3.05, 3.63) is 12.2 Å². The van der Waals surface area contributed by atoms with Gasteiger partial charge in [-0.25, -0.2) is 4.79 Å². The van der Waals surface area contributed by atoms with Gasteiger partial charge in [-0.15, -0.1) is 0 Å². The minimum absolute atomic E-state index is 0.0473. The molecule has 1 amide bonds. The third-order valence-electron chi connectivity index (χ3n) is 3.22. The molecule has 18 heavy (non-hydrogen) atoms. The number of carbonyl (C=O) groups is 2. The van der Waals surface area contributed by atoms with Gasteiger partial charge in [-0.2, -0.15) is 0 Å². The zero-order chi connectivity index (χ0) is 13.5. The van der Waals surface area contributed by atoms with E-state index in [1.54, 1.807) is 4.90 Å². The van der Waals surface area contributed by atoms with Crippen molar-refractivity contribution in [3.63, 3.8) is 0 Å². The molecule has 0 aromatic carbocycles. The van der Waals surface area contributed by atoms with Crippen LogP contribution in [0.2, 0.25) is 0 Å². The van der Waals surface area contributed by atoms with Crippen molar-refractivity contribution in [1.29, 1.82) is 0 Å². The van der Waals surface area contributed by atoms with E-state index in [9.17, 15) is 9.59 Å². The summed E-state index contributed by atoms with van der Waals surface area (Å²) in [5, 5.41) is 0. The van der Waals surface area contributed by atoms with Crippen LogP contribution in [0.3, 0.4) is 0 Å². The molecule has 0 aliphatic carbocycles. The standard InChI is InChI=1S/C13H19NO4/c1-13(2,3)18-12(16)14-8-5-6-10(14)9(7-8)11(15)17-4/h5-6,8-10H,7H2,1-4H3. The molecular weight excluding hydrogens is 234 g/mol. The van der Waals surface area contributed by atoms with Gasteiger partial charge in [-0.05, 0) is 27.2 Å². The lowest BCUT2D eigenvalue weighted by atomic mass is 9.94. The first-order valence-electron chi connectivity index (χ1n) is 6.11. The molecule has 2 bridgehead atoms. The van der Waals surface area contributed by atoms with Crippen LogP contribution in [0.4, 0.5) is 4.79 Å². The van der Waals surface area contributed by atoms with E-state index >= 15 is 0 Å². The van der Waals surface area contributed by atoms with Crippen molar-refractivity contribution >= 4 is 12.1 Å². The number of rotatable bonds is 1. The Bertz CT molecular complexity index is 396. The molecule has 0 N–H and O–H groups in total. The largest absolute Gasteiger partial charge is 0.469 e. The summed E-state index contributed by atoms with van der Waals surface area (Å²) in [7, 11) is 1.37. The minimum atomic E-state index is -0.528. The van der Waals surface area contributed by atoms with Gasteiger partial charge in [0.15, 0.2) is 0 Å². The van der Waals surface area contributed by atoms with Gasteiger partial charge in [0.2, 0.25) is 0 Å². The second kappa shape index (κ2) is 4.30. The van der Waals surface area contributed by atoms with Crippen LogP contribution >= 0.6 is 0 Å². The lowest BCUT2D eigenvalue weighted by Gasteiger charge is -2.27. The molecule has 100 valence electrons. The summed E-state index contributed by atoms with van der Waals surface area (Å²) >= 11 is 0. The summed E-state index contributed by atoms with van der Waals surface area (Å²) in [6, 6.07) is -0.272. The van der Waals surface area contributed by atoms with Crippen molar-refractivity contribution < 1.29 is 19.1 Å². The maximum atomic E-state index is 12.1. The Labute approximate surface area is 107 Å². The molecule has 2 aliphatic rings. The fourth-order valence-corrected chi connectivity index (χ4v) is 2.53. The lowest BCUT2D eigenvalue weighted by molar-refractivity contribution is -0.145. The highest BCUT2D eigenvalue weighted by molar-refractivity contribution is 5.79. The molecule has 0 radical (unpaired) electrons. The SMILES string of the molecule is COC(=O)C1CC2C=CC1N2C(=O)OC(C)(C)C. The van der Waals surface area contributed by atoms with Gasteiger partial charge in [0, 0.05) is 0 Å². The van der Waals surface area contributed by atoms with Gasteiger partial charge in [0.25, 0.3) is 0 Å². The van der Waals surface area contributed by atoms with E-state index in [0.29, 0.717) is 6.42 Å². The van der Waals surface area contributed by atoms with Crippen LogP contribution in [0, 0.1) is 5.92 Å². The minimum Gasteiger partial charge on any atom is -0.469 e. The third-order valence-corrected chi connectivity index (χ3v) is 3.22. The summed E-state index contributed by atoms with van der Waals surface area (Å²) in [5.74, 6) is -0.530. The number of hydrogen-bond acceptors (Lipinski definition) is 4. The average molecular weight is 253 g/mol. The Morgan fingerprint density at radius 3 is 2.50 bits per heavy atom. The molecule has 0 saturated carbocycles. The van der Waals surface area contributed by atoms with E-state index in [0.717, 1.165) is 0 Å². The highest BCUT2D eigenvalue weighted by atomic mass is 16.6. The van der Waals surface area contributed by atoms with Gasteiger partial charge in [0.1, 0.15) is 5.60 Å². The predicted molar refractivity (Wildman–Crippen MR) is 64.9 cm³/mol. The van der Waals surface area contributed by atoms with Crippen molar-refractivity contribution in [2.24, 2.45) is 5.92 Å². The normalized spacial score (nSPS) is 29.6. The second-order valence-electron chi connectivity index (χ2n) is 5.70. The van der Waals surface area contributed by atoms with Crippen LogP contribution < -0.4 is 0 Å². The monoisotopic (exact) mass is 253 g/mol. The molecule has 0 aromatic heterocycles. The first-order chi connectivity index (χ1) is 8.33. The Balaban J connectivity index is 2.09. The smallest absolute Gasteiger partial charge is 0.411 e. The number of methoxy groups -OCH3 is 1. The van der Waals surface area contributed by atoms with Crippen LogP contribution in [-0.4, -0.2) is 41.8 Å². The van der Waals surface area contributed by atoms with Gasteiger partial charge < -0.3 is 9.47 Å². The predicted octanol–water partition coefficient (Wildman–Crippen LogP) is 1.72. The number of hydrogen-bond donors (Lipinski definition) is 0.